The normalized spacial score (nSPS) is 18.0. The van der Waals surface area contributed by atoms with E-state index in [4.69, 9.17) is 4.74 Å². The van der Waals surface area contributed by atoms with Gasteiger partial charge in [-0.3, -0.25) is 0 Å². The Bertz CT molecular complexity index is 448. The summed E-state index contributed by atoms with van der Waals surface area (Å²) in [6, 6.07) is 7.36. The molecule has 1 aliphatic heterocycles. The molecule has 0 unspecified atom stereocenters. The fraction of sp³-hybridized carbons (Fsp3) is 0.500. The summed E-state index contributed by atoms with van der Waals surface area (Å²) in [6.45, 7) is 1.99. The number of phenols is 1. The summed E-state index contributed by atoms with van der Waals surface area (Å²) in [5.74, 6) is 0.536. The number of aromatic hydroxyl groups is 1. The smallest absolute Gasteiger partial charge is 0.204 e. The zero-order valence-corrected chi connectivity index (χ0v) is 10.6. The molecule has 0 amide bonds. The Morgan fingerprint density at radius 3 is 2.67 bits per heavy atom. The number of ether oxygens (including phenoxy) is 1. The molecule has 0 aliphatic carbocycles. The lowest BCUT2D eigenvalue weighted by molar-refractivity contribution is -0.927. The van der Waals surface area contributed by atoms with Gasteiger partial charge in [-0.15, -0.1) is 0 Å². The molecule has 4 heteroatoms. The highest BCUT2D eigenvalue weighted by Gasteiger charge is 2.28. The van der Waals surface area contributed by atoms with Crippen LogP contribution in [0.3, 0.4) is 0 Å². The number of methoxy groups -OCH3 is 1. The molecule has 1 saturated heterocycles. The van der Waals surface area contributed by atoms with Crippen LogP contribution in [0.2, 0.25) is 0 Å². The van der Waals surface area contributed by atoms with Crippen molar-refractivity contribution in [2.24, 2.45) is 0 Å². The highest BCUT2D eigenvalue weighted by molar-refractivity contribution is 5.47. The summed E-state index contributed by atoms with van der Waals surface area (Å²) in [5, 5.41) is 19.5. The van der Waals surface area contributed by atoms with Crippen molar-refractivity contribution in [2.45, 2.75) is 25.3 Å². The average Bonchev–Trinajstić information content (AvgIpc) is 2.43. The second-order valence-corrected chi connectivity index (χ2v) is 4.68. The van der Waals surface area contributed by atoms with Gasteiger partial charge in [0.25, 0.3) is 0 Å². The first kappa shape index (κ1) is 12.7. The van der Waals surface area contributed by atoms with Gasteiger partial charge in [-0.25, -0.2) is 0 Å². The van der Waals surface area contributed by atoms with Gasteiger partial charge >= 0.3 is 0 Å². The lowest BCUT2D eigenvalue weighted by atomic mass is 10.0. The molecule has 0 saturated carbocycles. The predicted octanol–water partition coefficient (Wildman–Crippen LogP) is 1.03. The molecular weight excluding hydrogens is 228 g/mol. The van der Waals surface area contributed by atoms with Crippen molar-refractivity contribution in [3.8, 4) is 17.6 Å². The molecule has 1 aliphatic rings. The topological polar surface area (TPSA) is 57.7 Å². The molecule has 1 heterocycles. The summed E-state index contributed by atoms with van der Waals surface area (Å²) in [7, 11) is 1.52. The SMILES string of the molecule is COc1cccc([C@H](C#N)[NH+]2CCCCC2)c1O. The van der Waals surface area contributed by atoms with Gasteiger partial charge in [-0.1, -0.05) is 6.07 Å². The van der Waals surface area contributed by atoms with Crippen LogP contribution in [0.25, 0.3) is 0 Å². The standard InChI is InChI=1S/C14H18N2O2/c1-18-13-7-5-6-11(14(13)17)12(10-15)16-8-3-2-4-9-16/h5-7,12,17H,2-4,8-9H2,1H3/p+1/t12-/m0/s1. The van der Waals surface area contributed by atoms with E-state index in [1.54, 1.807) is 6.07 Å². The summed E-state index contributed by atoms with van der Waals surface area (Å²) < 4.78 is 5.10. The molecule has 0 spiro atoms. The monoisotopic (exact) mass is 247 g/mol. The number of nitrogens with one attached hydrogen (secondary N) is 1. The minimum atomic E-state index is -0.305. The molecule has 0 aromatic heterocycles. The van der Waals surface area contributed by atoms with E-state index in [0.717, 1.165) is 25.9 Å². The highest BCUT2D eigenvalue weighted by Crippen LogP contribution is 2.32. The molecule has 96 valence electrons. The second-order valence-electron chi connectivity index (χ2n) is 4.68. The van der Waals surface area contributed by atoms with Gasteiger partial charge in [0.2, 0.25) is 6.04 Å². The minimum absolute atomic E-state index is 0.102. The third-order valence-corrected chi connectivity index (χ3v) is 3.59. The maximum atomic E-state index is 10.1. The van der Waals surface area contributed by atoms with Crippen molar-refractivity contribution in [1.29, 1.82) is 5.26 Å². The van der Waals surface area contributed by atoms with Crippen LogP contribution in [-0.4, -0.2) is 25.3 Å². The minimum Gasteiger partial charge on any atom is -0.504 e. The molecule has 4 nitrogen and oxygen atoms in total. The van der Waals surface area contributed by atoms with Crippen molar-refractivity contribution >= 4 is 0 Å². The van der Waals surface area contributed by atoms with E-state index in [2.05, 4.69) is 6.07 Å². The number of piperidine rings is 1. The van der Waals surface area contributed by atoms with Gasteiger partial charge in [-0.05, 0) is 31.4 Å². The van der Waals surface area contributed by atoms with Crippen molar-refractivity contribution in [3.05, 3.63) is 23.8 Å². The first-order valence-corrected chi connectivity index (χ1v) is 6.38. The molecule has 1 aromatic carbocycles. The maximum Gasteiger partial charge on any atom is 0.204 e. The number of benzene rings is 1. The molecule has 18 heavy (non-hydrogen) atoms. The van der Waals surface area contributed by atoms with E-state index < -0.39 is 0 Å². The maximum absolute atomic E-state index is 10.1. The van der Waals surface area contributed by atoms with Crippen LogP contribution in [0.4, 0.5) is 0 Å². The predicted molar refractivity (Wildman–Crippen MR) is 67.6 cm³/mol. The number of para-hydroxylation sites is 1. The third-order valence-electron chi connectivity index (χ3n) is 3.59. The number of nitrogens with zero attached hydrogens (tertiary/aromatic N) is 1. The summed E-state index contributed by atoms with van der Waals surface area (Å²) >= 11 is 0. The van der Waals surface area contributed by atoms with E-state index >= 15 is 0 Å². The summed E-state index contributed by atoms with van der Waals surface area (Å²) in [6.07, 6.45) is 3.54. The number of phenolic OH excluding ortho intramolecular Hbond substituents is 1. The first-order chi connectivity index (χ1) is 8.77. The largest absolute Gasteiger partial charge is 0.504 e. The van der Waals surface area contributed by atoms with Gasteiger partial charge in [0.15, 0.2) is 11.5 Å². The second kappa shape index (κ2) is 5.74. The Morgan fingerprint density at radius 2 is 2.06 bits per heavy atom. The van der Waals surface area contributed by atoms with E-state index in [9.17, 15) is 10.4 Å². The number of nitriles is 1. The number of rotatable bonds is 3. The number of likely N-dealkylation sites (tertiary alicyclic amines) is 1. The summed E-state index contributed by atoms with van der Waals surface area (Å²) in [5.41, 5.74) is 0.675. The Hall–Kier alpha value is -1.73. The van der Waals surface area contributed by atoms with Crippen molar-refractivity contribution in [2.75, 3.05) is 20.2 Å². The molecule has 0 bridgehead atoms. The van der Waals surface area contributed by atoms with Gasteiger partial charge in [-0.2, -0.15) is 5.26 Å². The van der Waals surface area contributed by atoms with Crippen molar-refractivity contribution in [3.63, 3.8) is 0 Å². The Kier molecular flexibility index (Phi) is 4.06. The van der Waals surface area contributed by atoms with Gasteiger partial charge < -0.3 is 14.7 Å². The van der Waals surface area contributed by atoms with Gasteiger partial charge in [0, 0.05) is 0 Å². The first-order valence-electron chi connectivity index (χ1n) is 6.38. The molecule has 1 fully saturated rings. The van der Waals surface area contributed by atoms with Crippen LogP contribution < -0.4 is 9.64 Å². The van der Waals surface area contributed by atoms with Crippen molar-refractivity contribution < 1.29 is 14.7 Å². The van der Waals surface area contributed by atoms with Crippen LogP contribution in [0.15, 0.2) is 18.2 Å². The Balaban J connectivity index is 2.30. The summed E-state index contributed by atoms with van der Waals surface area (Å²) in [4.78, 5) is 1.24. The zero-order chi connectivity index (χ0) is 13.0. The van der Waals surface area contributed by atoms with E-state index in [1.165, 1.54) is 18.4 Å². The van der Waals surface area contributed by atoms with Crippen LogP contribution in [0, 0.1) is 11.3 Å². The fourth-order valence-corrected chi connectivity index (χ4v) is 2.61. The lowest BCUT2D eigenvalue weighted by Gasteiger charge is -2.28. The van der Waals surface area contributed by atoms with Crippen LogP contribution in [-0.2, 0) is 0 Å². The molecule has 2 rings (SSSR count). The third kappa shape index (κ3) is 2.41. The quantitative estimate of drug-likeness (QED) is 0.839. The Labute approximate surface area is 107 Å². The molecular formula is C14H19N2O2+. The van der Waals surface area contributed by atoms with Crippen LogP contribution in [0.1, 0.15) is 30.9 Å². The van der Waals surface area contributed by atoms with E-state index in [0.29, 0.717) is 11.3 Å². The molecule has 1 atom stereocenters. The Morgan fingerprint density at radius 1 is 1.33 bits per heavy atom. The fourth-order valence-electron chi connectivity index (χ4n) is 2.61. The van der Waals surface area contributed by atoms with E-state index in [1.807, 2.05) is 12.1 Å². The number of hydrogen-bond acceptors (Lipinski definition) is 3. The number of quaternary nitrogens is 1. The zero-order valence-electron chi connectivity index (χ0n) is 10.6. The van der Waals surface area contributed by atoms with Crippen LogP contribution >= 0.6 is 0 Å². The average molecular weight is 247 g/mol. The number of hydrogen-bond donors (Lipinski definition) is 2. The van der Waals surface area contributed by atoms with Crippen LogP contribution in [0.5, 0.6) is 11.5 Å². The highest BCUT2D eigenvalue weighted by atomic mass is 16.5. The van der Waals surface area contributed by atoms with Gasteiger partial charge in [0.1, 0.15) is 6.07 Å². The molecule has 1 aromatic rings. The van der Waals surface area contributed by atoms with Crippen molar-refractivity contribution in [1.82, 2.24) is 0 Å². The molecule has 2 N–H and O–H groups in total. The van der Waals surface area contributed by atoms with Gasteiger partial charge in [0.05, 0.1) is 25.8 Å². The molecule has 0 radical (unpaired) electrons. The lowest BCUT2D eigenvalue weighted by Crippen LogP contribution is -3.13. The van der Waals surface area contributed by atoms with E-state index in [-0.39, 0.29) is 11.8 Å².